The largest absolute Gasteiger partial charge is 0.495 e. The zero-order valence-corrected chi connectivity index (χ0v) is 17.2. The maximum absolute atomic E-state index is 12.9. The van der Waals surface area contributed by atoms with E-state index < -0.39 is 5.91 Å². The molecule has 0 aliphatic carbocycles. The first-order chi connectivity index (χ1) is 14.6. The molecule has 0 unspecified atom stereocenters. The van der Waals surface area contributed by atoms with Crippen LogP contribution in [0.2, 0.25) is 5.02 Å². The molecular formula is C23H19ClN4O2. The second-order valence-corrected chi connectivity index (χ2v) is 6.98. The molecule has 6 nitrogen and oxygen atoms in total. The Bertz CT molecular complexity index is 1210. The van der Waals surface area contributed by atoms with Crippen LogP contribution in [-0.4, -0.2) is 27.8 Å². The van der Waals surface area contributed by atoms with Crippen molar-refractivity contribution in [2.45, 2.75) is 6.92 Å². The average Bonchev–Trinajstić information content (AvgIpc) is 3.22. The number of nitrogens with one attached hydrogen (secondary N) is 1. The number of amides is 1. The molecule has 7 heteroatoms. The molecule has 3 aromatic carbocycles. The van der Waals surface area contributed by atoms with Crippen molar-refractivity contribution >= 4 is 23.2 Å². The number of hydrogen-bond acceptors (Lipinski definition) is 4. The summed E-state index contributed by atoms with van der Waals surface area (Å²) in [6, 6.07) is 22.3. The fourth-order valence-corrected chi connectivity index (χ4v) is 3.27. The first-order valence-electron chi connectivity index (χ1n) is 9.31. The lowest BCUT2D eigenvalue weighted by molar-refractivity contribution is 0.101. The summed E-state index contributed by atoms with van der Waals surface area (Å²) in [7, 11) is 1.55. The van der Waals surface area contributed by atoms with Crippen LogP contribution < -0.4 is 10.1 Å². The zero-order chi connectivity index (χ0) is 21.1. The number of rotatable bonds is 5. The Morgan fingerprint density at radius 1 is 1.00 bits per heavy atom. The zero-order valence-electron chi connectivity index (χ0n) is 16.5. The number of hydrogen-bond donors (Lipinski definition) is 1. The highest BCUT2D eigenvalue weighted by atomic mass is 35.5. The molecule has 0 spiro atoms. The molecule has 1 amide bonds. The van der Waals surface area contributed by atoms with Crippen molar-refractivity contribution in [1.82, 2.24) is 14.8 Å². The molecule has 4 rings (SSSR count). The normalized spacial score (nSPS) is 10.6. The van der Waals surface area contributed by atoms with Crippen molar-refractivity contribution in [2.24, 2.45) is 0 Å². The predicted molar refractivity (Wildman–Crippen MR) is 117 cm³/mol. The minimum Gasteiger partial charge on any atom is -0.495 e. The van der Waals surface area contributed by atoms with Gasteiger partial charge in [-0.3, -0.25) is 4.79 Å². The average molecular weight is 419 g/mol. The van der Waals surface area contributed by atoms with Crippen LogP contribution in [0.5, 0.6) is 5.75 Å². The van der Waals surface area contributed by atoms with Crippen LogP contribution in [0.15, 0.2) is 72.8 Å². The van der Waals surface area contributed by atoms with Crippen LogP contribution in [0.25, 0.3) is 17.1 Å². The van der Waals surface area contributed by atoms with Gasteiger partial charge in [-0.05, 0) is 36.8 Å². The Balaban J connectivity index is 1.79. The van der Waals surface area contributed by atoms with Crippen LogP contribution in [0.3, 0.4) is 0 Å². The molecule has 4 aromatic rings. The third kappa shape index (κ3) is 3.77. The molecule has 1 aromatic heterocycles. The molecule has 0 fully saturated rings. The first kappa shape index (κ1) is 19.7. The summed E-state index contributed by atoms with van der Waals surface area (Å²) >= 11 is 6.32. The van der Waals surface area contributed by atoms with E-state index in [2.05, 4.69) is 15.4 Å². The maximum Gasteiger partial charge on any atom is 0.295 e. The van der Waals surface area contributed by atoms with Crippen LogP contribution in [-0.2, 0) is 0 Å². The predicted octanol–water partition coefficient (Wildman–Crippen LogP) is 5.16. The smallest absolute Gasteiger partial charge is 0.295 e. The second-order valence-electron chi connectivity index (χ2n) is 6.58. The number of aromatic nitrogens is 3. The lowest BCUT2D eigenvalue weighted by Gasteiger charge is -2.10. The highest BCUT2D eigenvalue weighted by molar-refractivity contribution is 6.31. The topological polar surface area (TPSA) is 69.0 Å². The molecule has 0 bridgehead atoms. The van der Waals surface area contributed by atoms with Gasteiger partial charge in [-0.25, -0.2) is 9.67 Å². The third-order valence-electron chi connectivity index (χ3n) is 4.66. The fourth-order valence-electron chi connectivity index (χ4n) is 3.10. The van der Waals surface area contributed by atoms with Gasteiger partial charge in [-0.2, -0.15) is 0 Å². The van der Waals surface area contributed by atoms with Gasteiger partial charge in [0.1, 0.15) is 5.75 Å². The summed E-state index contributed by atoms with van der Waals surface area (Å²) in [6.45, 7) is 1.91. The molecule has 0 saturated heterocycles. The van der Waals surface area contributed by atoms with Gasteiger partial charge in [0.2, 0.25) is 5.82 Å². The van der Waals surface area contributed by atoms with E-state index in [4.69, 9.17) is 16.3 Å². The van der Waals surface area contributed by atoms with E-state index in [0.717, 1.165) is 16.8 Å². The molecular weight excluding hydrogens is 400 g/mol. The van der Waals surface area contributed by atoms with Crippen molar-refractivity contribution in [2.75, 3.05) is 12.4 Å². The molecule has 30 heavy (non-hydrogen) atoms. The van der Waals surface area contributed by atoms with E-state index in [1.54, 1.807) is 23.9 Å². The molecule has 1 N–H and O–H groups in total. The number of nitrogens with zero attached hydrogens (tertiary/aromatic N) is 3. The SMILES string of the molecule is COc1ccccc1NC(=O)c1nc(-c2ccccc2)n(-c2cccc(Cl)c2C)n1. The van der Waals surface area contributed by atoms with Crippen LogP contribution in [0.4, 0.5) is 5.69 Å². The van der Waals surface area contributed by atoms with E-state index in [0.29, 0.717) is 22.3 Å². The van der Waals surface area contributed by atoms with Crippen molar-refractivity contribution in [3.05, 3.63) is 89.2 Å². The Morgan fingerprint density at radius 2 is 1.73 bits per heavy atom. The van der Waals surface area contributed by atoms with Gasteiger partial charge in [-0.15, -0.1) is 5.10 Å². The van der Waals surface area contributed by atoms with Gasteiger partial charge in [0, 0.05) is 10.6 Å². The third-order valence-corrected chi connectivity index (χ3v) is 5.07. The van der Waals surface area contributed by atoms with Gasteiger partial charge >= 0.3 is 0 Å². The van der Waals surface area contributed by atoms with Crippen LogP contribution in [0.1, 0.15) is 16.2 Å². The molecule has 0 aliphatic heterocycles. The van der Waals surface area contributed by atoms with Crippen LogP contribution in [0, 0.1) is 6.92 Å². The Labute approximate surface area is 179 Å². The highest BCUT2D eigenvalue weighted by Gasteiger charge is 2.21. The van der Waals surface area contributed by atoms with Crippen molar-refractivity contribution in [3.8, 4) is 22.8 Å². The van der Waals surface area contributed by atoms with E-state index in [1.807, 2.05) is 67.6 Å². The van der Waals surface area contributed by atoms with Crippen LogP contribution >= 0.6 is 11.6 Å². The van der Waals surface area contributed by atoms with Gasteiger partial charge in [0.15, 0.2) is 5.82 Å². The quantitative estimate of drug-likeness (QED) is 0.486. The standard InChI is InChI=1S/C23H19ClN4O2/c1-15-17(24)11-8-13-19(15)28-22(16-9-4-3-5-10-16)26-21(27-28)23(29)25-18-12-6-7-14-20(18)30-2/h3-14H,1-2H3,(H,25,29). The minimum absolute atomic E-state index is 0.0409. The van der Waals surface area contributed by atoms with Gasteiger partial charge in [0.05, 0.1) is 18.5 Å². The number of carbonyl (C=O) groups is 1. The number of anilines is 1. The number of methoxy groups -OCH3 is 1. The maximum atomic E-state index is 12.9. The fraction of sp³-hybridized carbons (Fsp3) is 0.0870. The van der Waals surface area contributed by atoms with Crippen molar-refractivity contribution < 1.29 is 9.53 Å². The summed E-state index contributed by atoms with van der Waals surface area (Å²) in [6.07, 6.45) is 0. The summed E-state index contributed by atoms with van der Waals surface area (Å²) < 4.78 is 6.95. The molecule has 1 heterocycles. The Morgan fingerprint density at radius 3 is 2.50 bits per heavy atom. The van der Waals surface area contributed by atoms with E-state index in [-0.39, 0.29) is 5.82 Å². The Hall–Kier alpha value is -3.64. The molecule has 0 atom stereocenters. The molecule has 0 saturated carbocycles. The number of benzene rings is 3. The summed E-state index contributed by atoms with van der Waals surface area (Å²) in [5.41, 5.74) is 2.98. The molecule has 0 radical (unpaired) electrons. The van der Waals surface area contributed by atoms with E-state index in [1.165, 1.54) is 0 Å². The number of carbonyl (C=O) groups excluding carboxylic acids is 1. The van der Waals surface area contributed by atoms with E-state index >= 15 is 0 Å². The molecule has 150 valence electrons. The van der Waals surface area contributed by atoms with E-state index in [9.17, 15) is 4.79 Å². The Kier molecular flexibility index (Phi) is 5.50. The number of halogens is 1. The number of ether oxygens (including phenoxy) is 1. The summed E-state index contributed by atoms with van der Waals surface area (Å²) in [4.78, 5) is 17.5. The van der Waals surface area contributed by atoms with Gasteiger partial charge in [0.25, 0.3) is 5.91 Å². The second kappa shape index (κ2) is 8.39. The van der Waals surface area contributed by atoms with Gasteiger partial charge < -0.3 is 10.1 Å². The lowest BCUT2D eigenvalue weighted by atomic mass is 10.2. The van der Waals surface area contributed by atoms with Crippen molar-refractivity contribution in [3.63, 3.8) is 0 Å². The summed E-state index contributed by atoms with van der Waals surface area (Å²) in [5, 5.41) is 7.94. The summed E-state index contributed by atoms with van der Waals surface area (Å²) in [5.74, 6) is 0.708. The van der Waals surface area contributed by atoms with Gasteiger partial charge in [-0.1, -0.05) is 60.1 Å². The lowest BCUT2D eigenvalue weighted by Crippen LogP contribution is -2.15. The number of para-hydroxylation sites is 2. The first-order valence-corrected chi connectivity index (χ1v) is 9.68. The highest BCUT2D eigenvalue weighted by Crippen LogP contribution is 2.27. The van der Waals surface area contributed by atoms with Crippen molar-refractivity contribution in [1.29, 1.82) is 0 Å². The minimum atomic E-state index is -0.435. The molecule has 0 aliphatic rings. The monoisotopic (exact) mass is 418 g/mol.